The number of ether oxygens (including phenoxy) is 2. The number of hydrogen-bond acceptors (Lipinski definition) is 3. The molecule has 0 aromatic carbocycles. The molecule has 2 N–H and O–H groups in total. The molecule has 0 amide bonds. The van der Waals surface area contributed by atoms with Crippen molar-refractivity contribution in [3.63, 3.8) is 0 Å². The van der Waals surface area contributed by atoms with Gasteiger partial charge in [0, 0.05) is 39.5 Å². The fourth-order valence-corrected chi connectivity index (χ4v) is 2.94. The van der Waals surface area contributed by atoms with Crippen LogP contribution < -0.4 is 10.6 Å². The topological polar surface area (TPSA) is 54.9 Å². The molecule has 0 aromatic rings. The van der Waals surface area contributed by atoms with Gasteiger partial charge in [-0.05, 0) is 52.4 Å². The Bertz CT molecular complexity index is 305. The standard InChI is InChI=1S/C19H39N3O2/c1-3-20-19(22-15-11-16-23-4-2)21-14-9-6-10-17-24-18-12-7-5-8-13-18/h18H,3-17H2,1-2H3,(H2,20,21,22). The highest BCUT2D eigenvalue weighted by Gasteiger charge is 2.12. The molecule has 0 radical (unpaired) electrons. The van der Waals surface area contributed by atoms with Crippen LogP contribution in [0.15, 0.2) is 4.99 Å². The normalized spacial score (nSPS) is 16.3. The van der Waals surface area contributed by atoms with Crippen molar-refractivity contribution in [3.8, 4) is 0 Å². The summed E-state index contributed by atoms with van der Waals surface area (Å²) in [6.45, 7) is 9.30. The average Bonchev–Trinajstić information content (AvgIpc) is 2.61. The zero-order chi connectivity index (χ0) is 17.3. The number of guanidine groups is 1. The maximum absolute atomic E-state index is 5.97. The van der Waals surface area contributed by atoms with Crippen molar-refractivity contribution >= 4 is 5.96 Å². The first-order chi connectivity index (χ1) is 11.9. The summed E-state index contributed by atoms with van der Waals surface area (Å²) in [6.07, 6.45) is 11.7. The summed E-state index contributed by atoms with van der Waals surface area (Å²) in [5, 5.41) is 6.70. The molecule has 1 saturated carbocycles. The van der Waals surface area contributed by atoms with E-state index in [1.54, 1.807) is 0 Å². The summed E-state index contributed by atoms with van der Waals surface area (Å²) in [5.41, 5.74) is 0. The summed E-state index contributed by atoms with van der Waals surface area (Å²) >= 11 is 0. The smallest absolute Gasteiger partial charge is 0.191 e. The Balaban J connectivity index is 1.98. The zero-order valence-electron chi connectivity index (χ0n) is 15.9. The molecule has 0 heterocycles. The number of hydrogen-bond donors (Lipinski definition) is 2. The number of aliphatic imine (C=N–C) groups is 1. The minimum absolute atomic E-state index is 0.543. The lowest BCUT2D eigenvalue weighted by atomic mass is 9.98. The van der Waals surface area contributed by atoms with Crippen LogP contribution in [-0.2, 0) is 9.47 Å². The van der Waals surface area contributed by atoms with Crippen molar-refractivity contribution in [2.45, 2.75) is 77.7 Å². The number of nitrogens with zero attached hydrogens (tertiary/aromatic N) is 1. The lowest BCUT2D eigenvalue weighted by Gasteiger charge is -2.21. The summed E-state index contributed by atoms with van der Waals surface area (Å²) in [4.78, 5) is 4.57. The van der Waals surface area contributed by atoms with Crippen LogP contribution in [0.4, 0.5) is 0 Å². The van der Waals surface area contributed by atoms with Crippen molar-refractivity contribution in [1.82, 2.24) is 10.6 Å². The molecule has 5 nitrogen and oxygen atoms in total. The number of nitrogens with one attached hydrogen (secondary N) is 2. The molecule has 0 bridgehead atoms. The molecule has 1 aliphatic carbocycles. The molecule has 1 rings (SSSR count). The molecule has 0 unspecified atom stereocenters. The minimum Gasteiger partial charge on any atom is -0.382 e. The summed E-state index contributed by atoms with van der Waals surface area (Å²) in [6, 6.07) is 0. The molecule has 142 valence electrons. The first-order valence-electron chi connectivity index (χ1n) is 10.1. The Morgan fingerprint density at radius 2 is 1.79 bits per heavy atom. The first-order valence-corrected chi connectivity index (χ1v) is 10.1. The van der Waals surface area contributed by atoms with Gasteiger partial charge in [-0.1, -0.05) is 19.3 Å². The fraction of sp³-hybridized carbons (Fsp3) is 0.947. The predicted molar refractivity (Wildman–Crippen MR) is 102 cm³/mol. The van der Waals surface area contributed by atoms with Gasteiger partial charge in [0.05, 0.1) is 6.10 Å². The van der Waals surface area contributed by atoms with Gasteiger partial charge >= 0.3 is 0 Å². The van der Waals surface area contributed by atoms with E-state index >= 15 is 0 Å². The third-order valence-corrected chi connectivity index (χ3v) is 4.28. The van der Waals surface area contributed by atoms with E-state index in [0.717, 1.165) is 58.3 Å². The van der Waals surface area contributed by atoms with Gasteiger partial charge in [-0.3, -0.25) is 4.99 Å². The van der Waals surface area contributed by atoms with Gasteiger partial charge in [-0.25, -0.2) is 0 Å². The van der Waals surface area contributed by atoms with Crippen LogP contribution in [0.1, 0.15) is 71.6 Å². The molecular weight excluding hydrogens is 302 g/mol. The largest absolute Gasteiger partial charge is 0.382 e. The molecule has 1 aliphatic rings. The second-order valence-corrected chi connectivity index (χ2v) is 6.43. The zero-order valence-corrected chi connectivity index (χ0v) is 15.9. The third-order valence-electron chi connectivity index (χ3n) is 4.28. The van der Waals surface area contributed by atoms with Gasteiger partial charge in [0.25, 0.3) is 0 Å². The van der Waals surface area contributed by atoms with Crippen molar-refractivity contribution in [2.24, 2.45) is 4.99 Å². The average molecular weight is 342 g/mol. The SMILES string of the molecule is CCNC(=NCCCOCC)NCCCCCOC1CCCCC1. The van der Waals surface area contributed by atoms with E-state index < -0.39 is 0 Å². The van der Waals surface area contributed by atoms with E-state index in [1.807, 2.05) is 6.92 Å². The molecule has 1 fully saturated rings. The van der Waals surface area contributed by atoms with Crippen LogP contribution >= 0.6 is 0 Å². The van der Waals surface area contributed by atoms with Crippen molar-refractivity contribution in [2.75, 3.05) is 39.5 Å². The molecular formula is C19H39N3O2. The van der Waals surface area contributed by atoms with E-state index in [9.17, 15) is 0 Å². The van der Waals surface area contributed by atoms with Crippen LogP contribution in [0.3, 0.4) is 0 Å². The van der Waals surface area contributed by atoms with Crippen LogP contribution in [0.25, 0.3) is 0 Å². The third kappa shape index (κ3) is 11.7. The Labute approximate surface area is 149 Å². The highest BCUT2D eigenvalue weighted by molar-refractivity contribution is 5.79. The predicted octanol–water partition coefficient (Wildman–Crippen LogP) is 3.49. The van der Waals surface area contributed by atoms with E-state index in [0.29, 0.717) is 6.10 Å². The van der Waals surface area contributed by atoms with Crippen molar-refractivity contribution in [3.05, 3.63) is 0 Å². The van der Waals surface area contributed by atoms with E-state index in [1.165, 1.54) is 44.9 Å². The van der Waals surface area contributed by atoms with Gasteiger partial charge < -0.3 is 20.1 Å². The second kappa shape index (κ2) is 15.7. The summed E-state index contributed by atoms with van der Waals surface area (Å²) in [5.74, 6) is 0.924. The lowest BCUT2D eigenvalue weighted by molar-refractivity contribution is 0.0264. The molecule has 5 heteroatoms. The molecule has 0 aliphatic heterocycles. The van der Waals surface area contributed by atoms with Crippen molar-refractivity contribution < 1.29 is 9.47 Å². The highest BCUT2D eigenvalue weighted by atomic mass is 16.5. The Kier molecular flexibility index (Phi) is 13.9. The quantitative estimate of drug-likeness (QED) is 0.306. The Hall–Kier alpha value is -0.810. The maximum Gasteiger partial charge on any atom is 0.191 e. The molecule has 0 saturated heterocycles. The van der Waals surface area contributed by atoms with Crippen LogP contribution in [0, 0.1) is 0 Å². The molecule has 24 heavy (non-hydrogen) atoms. The van der Waals surface area contributed by atoms with E-state index in [4.69, 9.17) is 9.47 Å². The summed E-state index contributed by atoms with van der Waals surface area (Å²) in [7, 11) is 0. The van der Waals surface area contributed by atoms with Crippen LogP contribution in [0.2, 0.25) is 0 Å². The maximum atomic E-state index is 5.97. The lowest BCUT2D eigenvalue weighted by Crippen LogP contribution is -2.37. The number of unbranched alkanes of at least 4 members (excludes halogenated alkanes) is 2. The van der Waals surface area contributed by atoms with Crippen molar-refractivity contribution in [1.29, 1.82) is 0 Å². The fourth-order valence-electron chi connectivity index (χ4n) is 2.94. The van der Waals surface area contributed by atoms with Gasteiger partial charge in [0.15, 0.2) is 5.96 Å². The Morgan fingerprint density at radius 1 is 0.958 bits per heavy atom. The molecule has 0 aromatic heterocycles. The Morgan fingerprint density at radius 3 is 2.54 bits per heavy atom. The molecule has 0 atom stereocenters. The van der Waals surface area contributed by atoms with Crippen LogP contribution in [-0.4, -0.2) is 51.5 Å². The first kappa shape index (κ1) is 21.2. The van der Waals surface area contributed by atoms with Gasteiger partial charge in [0.2, 0.25) is 0 Å². The number of rotatable bonds is 13. The highest BCUT2D eigenvalue weighted by Crippen LogP contribution is 2.20. The van der Waals surface area contributed by atoms with Gasteiger partial charge in [0.1, 0.15) is 0 Å². The molecule has 0 spiro atoms. The second-order valence-electron chi connectivity index (χ2n) is 6.43. The van der Waals surface area contributed by atoms with Crippen LogP contribution in [0.5, 0.6) is 0 Å². The summed E-state index contributed by atoms with van der Waals surface area (Å²) < 4.78 is 11.3. The monoisotopic (exact) mass is 341 g/mol. The van der Waals surface area contributed by atoms with Gasteiger partial charge in [-0.2, -0.15) is 0 Å². The van der Waals surface area contributed by atoms with E-state index in [-0.39, 0.29) is 0 Å². The minimum atomic E-state index is 0.543. The van der Waals surface area contributed by atoms with Gasteiger partial charge in [-0.15, -0.1) is 0 Å². The van der Waals surface area contributed by atoms with E-state index in [2.05, 4.69) is 22.5 Å².